The second-order valence-electron chi connectivity index (χ2n) is 10.4. The van der Waals surface area contributed by atoms with Gasteiger partial charge in [-0.1, -0.05) is 91.7 Å². The molecule has 3 rings (SSSR count). The molecule has 0 N–H and O–H groups in total. The Bertz CT molecular complexity index is 1160. The van der Waals surface area contributed by atoms with Gasteiger partial charge in [0.25, 0.3) is 0 Å². The second-order valence-corrected chi connectivity index (χ2v) is 12.3. The Kier molecular flexibility index (Phi) is 8.91. The average Bonchev–Trinajstić information content (AvgIpc) is 2.83. The van der Waals surface area contributed by atoms with E-state index in [0.717, 1.165) is 23.4 Å². The normalized spacial score (nSPS) is 14.1. The van der Waals surface area contributed by atoms with Crippen LogP contribution in [0, 0.1) is 13.8 Å². The van der Waals surface area contributed by atoms with Crippen molar-refractivity contribution in [2.75, 3.05) is 13.9 Å². The van der Waals surface area contributed by atoms with E-state index in [1.165, 1.54) is 27.6 Å². The first-order valence-electron chi connectivity index (χ1n) is 12.3. The molecular formula is C31H40NO2P. The molecule has 0 fully saturated rings. The molecule has 4 heteroatoms. The summed E-state index contributed by atoms with van der Waals surface area (Å²) in [6, 6.07) is 21.3. The van der Waals surface area contributed by atoms with E-state index in [4.69, 9.17) is 14.5 Å². The molecule has 2 atom stereocenters. The summed E-state index contributed by atoms with van der Waals surface area (Å²) < 4.78 is 11.5. The number of benzene rings is 3. The highest BCUT2D eigenvalue weighted by molar-refractivity contribution is 7.49. The Labute approximate surface area is 213 Å². The molecule has 0 aliphatic rings. The monoisotopic (exact) mass is 489 g/mol. The summed E-state index contributed by atoms with van der Waals surface area (Å²) in [6.07, 6.45) is 3.01. The maximum Gasteiger partial charge on any atom is 0.188 e. The van der Waals surface area contributed by atoms with Crippen LogP contribution in [0.25, 0.3) is 0 Å². The Balaban J connectivity index is 2.11. The lowest BCUT2D eigenvalue weighted by Crippen LogP contribution is -2.24. The van der Waals surface area contributed by atoms with Crippen molar-refractivity contribution in [1.82, 2.24) is 0 Å². The molecule has 0 aliphatic carbocycles. The molecule has 0 saturated carbocycles. The first-order chi connectivity index (χ1) is 16.6. The minimum atomic E-state index is -0.101. The lowest BCUT2D eigenvalue weighted by molar-refractivity contribution is 0.0495. The Morgan fingerprint density at radius 1 is 0.914 bits per heavy atom. The molecule has 2 unspecified atom stereocenters. The molecule has 0 bridgehead atoms. The van der Waals surface area contributed by atoms with Crippen molar-refractivity contribution in [2.45, 2.75) is 65.5 Å². The lowest BCUT2D eigenvalue weighted by Gasteiger charge is -2.34. The van der Waals surface area contributed by atoms with Crippen LogP contribution in [0.3, 0.4) is 0 Å². The minimum Gasteiger partial charge on any atom is -0.467 e. The van der Waals surface area contributed by atoms with E-state index >= 15 is 0 Å². The topological polar surface area (TPSA) is 30.8 Å². The summed E-state index contributed by atoms with van der Waals surface area (Å²) in [4.78, 5) is 4.76. The van der Waals surface area contributed by atoms with Crippen LogP contribution in [0.1, 0.15) is 68.9 Å². The molecule has 0 saturated heterocycles. The van der Waals surface area contributed by atoms with Crippen molar-refractivity contribution < 1.29 is 9.47 Å². The highest BCUT2D eigenvalue weighted by Gasteiger charge is 2.32. The predicted octanol–water partition coefficient (Wildman–Crippen LogP) is 7.96. The SMILES string of the molecule is CCC(C)(Pc1c(C)cccc1C=Nc1ccccc1)c1cc(C(C)(C)C)cc(C)c1OCOC. The predicted molar refractivity (Wildman–Crippen MR) is 153 cm³/mol. The van der Waals surface area contributed by atoms with E-state index in [-0.39, 0.29) is 17.4 Å². The molecule has 0 radical (unpaired) electrons. The van der Waals surface area contributed by atoms with Gasteiger partial charge >= 0.3 is 0 Å². The number of aliphatic imine (C=N–C) groups is 1. The Morgan fingerprint density at radius 3 is 2.26 bits per heavy atom. The van der Waals surface area contributed by atoms with Crippen molar-refractivity contribution >= 4 is 25.8 Å². The summed E-state index contributed by atoms with van der Waals surface area (Å²) in [5, 5.41) is 1.25. The largest absolute Gasteiger partial charge is 0.467 e. The smallest absolute Gasteiger partial charge is 0.188 e. The molecule has 0 amide bonds. The minimum absolute atomic E-state index is 0.0488. The molecule has 0 spiro atoms. The van der Waals surface area contributed by atoms with Crippen molar-refractivity contribution in [3.05, 3.63) is 88.5 Å². The van der Waals surface area contributed by atoms with E-state index in [0.29, 0.717) is 8.58 Å². The van der Waals surface area contributed by atoms with E-state index in [1.54, 1.807) is 7.11 Å². The lowest BCUT2D eigenvalue weighted by atomic mass is 9.82. The summed E-state index contributed by atoms with van der Waals surface area (Å²) in [5.41, 5.74) is 7.23. The van der Waals surface area contributed by atoms with E-state index in [9.17, 15) is 0 Å². The van der Waals surface area contributed by atoms with Gasteiger partial charge in [0.1, 0.15) is 5.75 Å². The fourth-order valence-corrected chi connectivity index (χ4v) is 5.80. The van der Waals surface area contributed by atoms with E-state index < -0.39 is 0 Å². The van der Waals surface area contributed by atoms with Gasteiger partial charge in [0.15, 0.2) is 6.79 Å². The molecule has 3 nitrogen and oxygen atoms in total. The van der Waals surface area contributed by atoms with Gasteiger partial charge in [0.2, 0.25) is 0 Å². The van der Waals surface area contributed by atoms with Crippen molar-refractivity contribution in [1.29, 1.82) is 0 Å². The molecule has 3 aromatic carbocycles. The molecule has 35 heavy (non-hydrogen) atoms. The number of methoxy groups -OCH3 is 1. The number of ether oxygens (including phenoxy) is 2. The van der Waals surface area contributed by atoms with Crippen molar-refractivity contribution in [3.63, 3.8) is 0 Å². The third kappa shape index (κ3) is 6.60. The van der Waals surface area contributed by atoms with Gasteiger partial charge in [-0.15, -0.1) is 0 Å². The molecule has 0 heterocycles. The van der Waals surface area contributed by atoms with Gasteiger partial charge in [0, 0.05) is 29.6 Å². The van der Waals surface area contributed by atoms with Gasteiger partial charge in [0.05, 0.1) is 5.69 Å². The summed E-state index contributed by atoms with van der Waals surface area (Å²) >= 11 is 0. The van der Waals surface area contributed by atoms with E-state index in [1.807, 2.05) is 36.5 Å². The van der Waals surface area contributed by atoms with Crippen LogP contribution < -0.4 is 10.0 Å². The molecule has 186 valence electrons. The number of rotatable bonds is 9. The van der Waals surface area contributed by atoms with Crippen molar-refractivity contribution in [2.24, 2.45) is 4.99 Å². The maximum atomic E-state index is 6.19. The van der Waals surface area contributed by atoms with Crippen LogP contribution in [0.2, 0.25) is 0 Å². The number of hydrogen-bond donors (Lipinski definition) is 0. The van der Waals surface area contributed by atoms with Gasteiger partial charge in [-0.05, 0) is 59.8 Å². The van der Waals surface area contributed by atoms with Crippen LogP contribution in [0.4, 0.5) is 5.69 Å². The highest BCUT2D eigenvalue weighted by Crippen LogP contribution is 2.50. The highest BCUT2D eigenvalue weighted by atomic mass is 31.1. The van der Waals surface area contributed by atoms with Crippen LogP contribution >= 0.6 is 8.58 Å². The van der Waals surface area contributed by atoms with Gasteiger partial charge in [-0.25, -0.2) is 0 Å². The number of nitrogens with zero attached hydrogens (tertiary/aromatic N) is 1. The van der Waals surface area contributed by atoms with E-state index in [2.05, 4.69) is 78.8 Å². The van der Waals surface area contributed by atoms with Gasteiger partial charge in [-0.2, -0.15) is 0 Å². The number of para-hydroxylation sites is 1. The summed E-state index contributed by atoms with van der Waals surface area (Å²) in [7, 11) is 2.23. The molecular weight excluding hydrogens is 449 g/mol. The van der Waals surface area contributed by atoms with Gasteiger partial charge < -0.3 is 9.47 Å². The Morgan fingerprint density at radius 2 is 1.63 bits per heavy atom. The zero-order valence-corrected chi connectivity index (χ0v) is 23.5. The molecule has 0 aliphatic heterocycles. The molecule has 3 aromatic rings. The van der Waals surface area contributed by atoms with Crippen LogP contribution in [0.15, 0.2) is 65.7 Å². The zero-order chi connectivity index (χ0) is 25.6. The zero-order valence-electron chi connectivity index (χ0n) is 22.5. The third-order valence-electron chi connectivity index (χ3n) is 6.58. The first-order valence-corrected chi connectivity index (χ1v) is 13.3. The van der Waals surface area contributed by atoms with Crippen molar-refractivity contribution in [3.8, 4) is 5.75 Å². The second kappa shape index (κ2) is 11.5. The van der Waals surface area contributed by atoms with Crippen LogP contribution in [0.5, 0.6) is 5.75 Å². The fraction of sp³-hybridized carbons (Fsp3) is 0.387. The summed E-state index contributed by atoms with van der Waals surface area (Å²) in [5.74, 6) is 0.949. The maximum absolute atomic E-state index is 6.19. The van der Waals surface area contributed by atoms with Crippen LogP contribution in [-0.4, -0.2) is 20.1 Å². The molecule has 0 aromatic heterocycles. The van der Waals surface area contributed by atoms with Crippen LogP contribution in [-0.2, 0) is 15.3 Å². The standard InChI is InChI=1S/C31H40NO2P/c1-9-31(7,27-19-25(30(4,5)6)18-23(3)28(27)34-21-33-8)35-29-22(2)14-13-15-24(29)20-32-26-16-11-10-12-17-26/h10-20,35H,9,21H2,1-8H3. The number of aryl methyl sites for hydroxylation is 2. The average molecular weight is 490 g/mol. The number of hydrogen-bond acceptors (Lipinski definition) is 3. The Hall–Kier alpha value is -2.48. The summed E-state index contributed by atoms with van der Waals surface area (Å²) in [6.45, 7) is 16.1. The fourth-order valence-electron chi connectivity index (χ4n) is 4.18. The van der Waals surface area contributed by atoms with Gasteiger partial charge in [-0.3, -0.25) is 4.99 Å². The third-order valence-corrected chi connectivity index (χ3v) is 8.69. The quantitative estimate of drug-likeness (QED) is 0.173. The first kappa shape index (κ1) is 27.1.